The van der Waals surface area contributed by atoms with Gasteiger partial charge in [-0.05, 0) is 75.7 Å². The topological polar surface area (TPSA) is 69.6 Å². The van der Waals surface area contributed by atoms with Crippen molar-refractivity contribution in [2.75, 3.05) is 5.73 Å². The van der Waals surface area contributed by atoms with Gasteiger partial charge in [-0.2, -0.15) is 0 Å². The predicted octanol–water partition coefficient (Wildman–Crippen LogP) is 3.81. The smallest absolute Gasteiger partial charge is 0.382 e. The maximum atomic E-state index is 6.09. The zero-order chi connectivity index (χ0) is 19.9. The Morgan fingerprint density at radius 2 is 1.47 bits per heavy atom. The molecule has 1 aromatic carbocycles. The van der Waals surface area contributed by atoms with Gasteiger partial charge in [-0.1, -0.05) is 30.3 Å². The number of fused-ring (bicyclic) bond motifs is 1. The van der Waals surface area contributed by atoms with Crippen LogP contribution in [0.25, 0.3) is 11.2 Å². The molecule has 2 N–H and O–H groups in total. The first-order valence-electron chi connectivity index (χ1n) is 9.68. The summed E-state index contributed by atoms with van der Waals surface area (Å²) in [5.41, 5.74) is 8.75. The second-order valence-corrected chi connectivity index (χ2v) is 6.81. The van der Waals surface area contributed by atoms with Crippen molar-refractivity contribution in [1.82, 2.24) is 19.5 Å². The first-order valence-corrected chi connectivity index (χ1v) is 9.68. The largest absolute Gasteiger partial charge is 2.00 e. The van der Waals surface area contributed by atoms with Gasteiger partial charge in [0.25, 0.3) is 0 Å². The van der Waals surface area contributed by atoms with E-state index in [1.165, 1.54) is 11.5 Å². The number of hydrogen-bond donors (Lipinski definition) is 1. The van der Waals surface area contributed by atoms with Gasteiger partial charge in [0.1, 0.15) is 11.3 Å². The van der Waals surface area contributed by atoms with Crippen LogP contribution in [-0.4, -0.2) is 19.5 Å². The molecule has 0 bridgehead atoms. The van der Waals surface area contributed by atoms with Gasteiger partial charge >= 0.3 is 17.1 Å². The van der Waals surface area contributed by atoms with E-state index in [-0.39, 0.29) is 17.1 Å². The quantitative estimate of drug-likeness (QED) is 0.617. The molecule has 30 heavy (non-hydrogen) atoms. The summed E-state index contributed by atoms with van der Waals surface area (Å²) in [5, 5.41) is 0. The Hall–Kier alpha value is -1.91. The summed E-state index contributed by atoms with van der Waals surface area (Å²) in [6.07, 6.45) is 21.8. The minimum Gasteiger partial charge on any atom is -0.382 e. The molecule has 6 heteroatoms. The Bertz CT molecular complexity index is 891. The van der Waals surface area contributed by atoms with E-state index in [9.17, 15) is 0 Å². The molecule has 2 fully saturated rings. The van der Waals surface area contributed by atoms with E-state index in [4.69, 9.17) is 10.7 Å². The molecule has 2 heterocycles. The number of anilines is 1. The summed E-state index contributed by atoms with van der Waals surface area (Å²) in [6.45, 7) is 0.718. The van der Waals surface area contributed by atoms with E-state index in [2.05, 4.69) is 34.9 Å². The number of nitrogens with zero attached hydrogens (tertiary/aromatic N) is 4. The van der Waals surface area contributed by atoms with Crippen molar-refractivity contribution in [1.29, 1.82) is 0 Å². The summed E-state index contributed by atoms with van der Waals surface area (Å²) in [5.74, 6) is 2.50. The summed E-state index contributed by atoms with van der Waals surface area (Å²) in [4.78, 5) is 13.5. The van der Waals surface area contributed by atoms with Gasteiger partial charge in [-0.3, -0.25) is 0 Å². The summed E-state index contributed by atoms with van der Waals surface area (Å²) in [7, 11) is 0. The van der Waals surface area contributed by atoms with Gasteiger partial charge in [0.15, 0.2) is 11.5 Å². The third-order valence-electron chi connectivity index (χ3n) is 4.66. The minimum absolute atomic E-state index is 0. The van der Waals surface area contributed by atoms with Crippen molar-refractivity contribution in [2.45, 2.75) is 19.4 Å². The Morgan fingerprint density at radius 1 is 0.800 bits per heavy atom. The molecule has 0 atom stereocenters. The predicted molar refractivity (Wildman–Crippen MR) is 116 cm³/mol. The van der Waals surface area contributed by atoms with Crippen LogP contribution in [0.15, 0.2) is 36.7 Å². The fraction of sp³-hybridized carbons (Fsp3) is 0.125. The Labute approximate surface area is 190 Å². The molecular formula is C24H23FeN5+2. The molecule has 2 aliphatic rings. The second-order valence-electron chi connectivity index (χ2n) is 6.81. The van der Waals surface area contributed by atoms with Crippen molar-refractivity contribution in [3.63, 3.8) is 0 Å². The number of imidazole rings is 1. The third kappa shape index (κ3) is 6.05. The monoisotopic (exact) mass is 437 g/mol. The van der Waals surface area contributed by atoms with Crippen LogP contribution in [0.1, 0.15) is 17.8 Å². The van der Waals surface area contributed by atoms with Crippen LogP contribution in [0.2, 0.25) is 0 Å². The van der Waals surface area contributed by atoms with Gasteiger partial charge in [-0.25, -0.2) is 15.0 Å². The van der Waals surface area contributed by atoms with Gasteiger partial charge in [0.2, 0.25) is 0 Å². The molecule has 2 aromatic heterocycles. The number of nitrogen functional groups attached to an aromatic ring is 1. The van der Waals surface area contributed by atoms with Gasteiger partial charge in [0, 0.05) is 6.42 Å². The molecule has 2 aliphatic carbocycles. The molecule has 150 valence electrons. The zero-order valence-corrected chi connectivity index (χ0v) is 17.6. The molecule has 0 saturated heterocycles. The van der Waals surface area contributed by atoms with Crippen molar-refractivity contribution in [3.8, 4) is 0 Å². The van der Waals surface area contributed by atoms with Crippen molar-refractivity contribution >= 4 is 17.0 Å². The molecule has 10 radical (unpaired) electrons. The first kappa shape index (κ1) is 22.8. The molecule has 3 aromatic rings. The van der Waals surface area contributed by atoms with Crippen LogP contribution in [0, 0.1) is 63.7 Å². The molecule has 2 saturated carbocycles. The number of aryl methyl sites for hydroxylation is 1. The Kier molecular flexibility index (Phi) is 8.71. The van der Waals surface area contributed by atoms with Crippen LogP contribution >= 0.6 is 0 Å². The van der Waals surface area contributed by atoms with E-state index in [1.807, 2.05) is 67.7 Å². The fourth-order valence-corrected chi connectivity index (χ4v) is 3.18. The summed E-state index contributed by atoms with van der Waals surface area (Å²) in [6, 6.07) is 10.3. The van der Waals surface area contributed by atoms with Gasteiger partial charge in [0.05, 0.1) is 12.9 Å². The average Bonchev–Trinajstić information content (AvgIpc) is 3.52. The first-order chi connectivity index (χ1) is 14.3. The molecular weight excluding hydrogens is 414 g/mol. The second kappa shape index (κ2) is 11.5. The third-order valence-corrected chi connectivity index (χ3v) is 4.66. The maximum Gasteiger partial charge on any atom is 2.00 e. The van der Waals surface area contributed by atoms with Gasteiger partial charge < -0.3 is 10.3 Å². The number of benzene rings is 1. The SMILES string of the molecule is Nc1nc(CC[C]2[CH][CH][CH][CH]2)nc2c1ncn2Cc1ccccc1.[CH]1[CH][CH][CH][CH]1.[Fe+2]. The Morgan fingerprint density at radius 3 is 2.13 bits per heavy atom. The normalized spacial score (nSPS) is 16.3. The minimum atomic E-state index is 0. The van der Waals surface area contributed by atoms with Crippen molar-refractivity contribution in [3.05, 3.63) is 112 Å². The van der Waals surface area contributed by atoms with E-state index < -0.39 is 0 Å². The van der Waals surface area contributed by atoms with E-state index in [0.717, 1.165) is 30.9 Å². The molecule has 0 spiro atoms. The average molecular weight is 437 g/mol. The van der Waals surface area contributed by atoms with Crippen LogP contribution in [0.3, 0.4) is 0 Å². The van der Waals surface area contributed by atoms with Crippen LogP contribution < -0.4 is 5.73 Å². The van der Waals surface area contributed by atoms with Crippen LogP contribution in [0.5, 0.6) is 0 Å². The van der Waals surface area contributed by atoms with E-state index in [0.29, 0.717) is 11.3 Å². The number of rotatable bonds is 5. The van der Waals surface area contributed by atoms with E-state index in [1.54, 1.807) is 6.33 Å². The molecule has 0 unspecified atom stereocenters. The zero-order valence-electron chi connectivity index (χ0n) is 16.5. The summed E-state index contributed by atoms with van der Waals surface area (Å²) < 4.78 is 2.02. The molecule has 5 rings (SSSR count). The molecule has 0 aliphatic heterocycles. The molecule has 5 nitrogen and oxygen atoms in total. The number of hydrogen-bond acceptors (Lipinski definition) is 4. The van der Waals surface area contributed by atoms with Crippen LogP contribution in [0.4, 0.5) is 5.82 Å². The van der Waals surface area contributed by atoms with Crippen LogP contribution in [-0.2, 0) is 30.0 Å². The van der Waals surface area contributed by atoms with E-state index >= 15 is 0 Å². The Balaban J connectivity index is 0.000000376. The molecule has 0 amide bonds. The van der Waals surface area contributed by atoms with Crippen molar-refractivity contribution < 1.29 is 17.1 Å². The number of aromatic nitrogens is 4. The number of nitrogens with two attached hydrogens (primary N) is 1. The van der Waals surface area contributed by atoms with Gasteiger partial charge in [-0.15, -0.1) is 0 Å². The fourth-order valence-electron chi connectivity index (χ4n) is 3.18. The maximum absolute atomic E-state index is 6.09. The summed E-state index contributed by atoms with van der Waals surface area (Å²) >= 11 is 0. The van der Waals surface area contributed by atoms with Crippen molar-refractivity contribution in [2.24, 2.45) is 0 Å². The standard InChI is InChI=1S/C19H18N5.C5H5.Fe/c20-18-17-19(23-16(22-18)11-10-14-6-4-5-7-14)24(13-21-17)12-15-8-2-1-3-9-15;1-2-4-5-3-1;/h1-9,13H,10-12H2,(H2,20,22,23);1-5H;/q;;+2.